The maximum absolute atomic E-state index is 5.14. The molecule has 18 heavy (non-hydrogen) atoms. The van der Waals surface area contributed by atoms with Gasteiger partial charge in [-0.1, -0.05) is 18.2 Å². The zero-order chi connectivity index (χ0) is 12.8. The van der Waals surface area contributed by atoms with Crippen LogP contribution in [0.1, 0.15) is 12.5 Å². The van der Waals surface area contributed by atoms with E-state index in [4.69, 9.17) is 4.74 Å². The molecule has 4 heteroatoms. The van der Waals surface area contributed by atoms with E-state index in [0.29, 0.717) is 6.61 Å². The van der Waals surface area contributed by atoms with Crippen LogP contribution in [0.15, 0.2) is 42.7 Å². The third-order valence-electron chi connectivity index (χ3n) is 2.73. The van der Waals surface area contributed by atoms with Crippen LogP contribution in [0.5, 0.6) is 0 Å². The maximum atomic E-state index is 5.14. The van der Waals surface area contributed by atoms with Gasteiger partial charge in [0.1, 0.15) is 0 Å². The van der Waals surface area contributed by atoms with Gasteiger partial charge in [-0.15, -0.1) is 0 Å². The van der Waals surface area contributed by atoms with E-state index in [1.807, 2.05) is 29.1 Å². The Morgan fingerprint density at radius 2 is 2.17 bits per heavy atom. The lowest BCUT2D eigenvalue weighted by molar-refractivity contribution is 0.190. The number of hydrogen-bond donors (Lipinski definition) is 1. The number of hydrogen-bond acceptors (Lipinski definition) is 3. The number of anilines is 1. The number of benzene rings is 1. The quantitative estimate of drug-likeness (QED) is 0.849. The second-order valence-electron chi connectivity index (χ2n) is 4.36. The fourth-order valence-electron chi connectivity index (χ4n) is 1.92. The van der Waals surface area contributed by atoms with Gasteiger partial charge in [0.25, 0.3) is 0 Å². The zero-order valence-corrected chi connectivity index (χ0v) is 10.8. The van der Waals surface area contributed by atoms with Gasteiger partial charge in [-0.3, -0.25) is 4.68 Å². The minimum Gasteiger partial charge on any atom is -0.383 e. The first-order valence-electron chi connectivity index (χ1n) is 6.10. The molecule has 4 nitrogen and oxygen atoms in total. The minimum atomic E-state index is 0.286. The summed E-state index contributed by atoms with van der Waals surface area (Å²) in [4.78, 5) is 0. The number of aromatic nitrogens is 2. The molecule has 1 aromatic heterocycles. The van der Waals surface area contributed by atoms with Crippen LogP contribution in [-0.2, 0) is 11.3 Å². The molecule has 0 fully saturated rings. The SMILES string of the molecule is COCC(C)Nc1ccccc1Cn1cccn1. The van der Waals surface area contributed by atoms with Gasteiger partial charge in [0.05, 0.1) is 13.2 Å². The zero-order valence-electron chi connectivity index (χ0n) is 10.8. The van der Waals surface area contributed by atoms with E-state index in [-0.39, 0.29) is 6.04 Å². The normalized spacial score (nSPS) is 12.3. The highest BCUT2D eigenvalue weighted by Gasteiger charge is 2.06. The van der Waals surface area contributed by atoms with Gasteiger partial charge in [0.2, 0.25) is 0 Å². The van der Waals surface area contributed by atoms with Crippen LogP contribution < -0.4 is 5.32 Å². The number of rotatable bonds is 6. The van der Waals surface area contributed by atoms with Crippen molar-refractivity contribution in [1.29, 1.82) is 0 Å². The summed E-state index contributed by atoms with van der Waals surface area (Å²) in [6.07, 6.45) is 3.76. The summed E-state index contributed by atoms with van der Waals surface area (Å²) in [5.41, 5.74) is 2.36. The van der Waals surface area contributed by atoms with E-state index in [0.717, 1.165) is 12.2 Å². The van der Waals surface area contributed by atoms with E-state index < -0.39 is 0 Å². The van der Waals surface area contributed by atoms with Crippen LogP contribution in [-0.4, -0.2) is 29.5 Å². The fourth-order valence-corrected chi connectivity index (χ4v) is 1.92. The van der Waals surface area contributed by atoms with E-state index in [1.54, 1.807) is 13.3 Å². The smallest absolute Gasteiger partial charge is 0.0679 e. The topological polar surface area (TPSA) is 39.1 Å². The van der Waals surface area contributed by atoms with Gasteiger partial charge in [-0.05, 0) is 24.6 Å². The highest BCUT2D eigenvalue weighted by atomic mass is 16.5. The maximum Gasteiger partial charge on any atom is 0.0679 e. The molecule has 0 saturated carbocycles. The molecule has 1 atom stereocenters. The lowest BCUT2D eigenvalue weighted by Gasteiger charge is -2.17. The predicted molar refractivity (Wildman–Crippen MR) is 72.7 cm³/mol. The van der Waals surface area contributed by atoms with E-state index >= 15 is 0 Å². The Bertz CT molecular complexity index is 468. The summed E-state index contributed by atoms with van der Waals surface area (Å²) in [7, 11) is 1.72. The molecule has 1 heterocycles. The van der Waals surface area contributed by atoms with E-state index in [2.05, 4.69) is 29.5 Å². The van der Waals surface area contributed by atoms with Gasteiger partial charge in [0, 0.05) is 31.2 Å². The molecular weight excluding hydrogens is 226 g/mol. The Hall–Kier alpha value is -1.81. The number of nitrogens with one attached hydrogen (secondary N) is 1. The van der Waals surface area contributed by atoms with Gasteiger partial charge >= 0.3 is 0 Å². The largest absolute Gasteiger partial charge is 0.383 e. The first-order valence-corrected chi connectivity index (χ1v) is 6.10. The Labute approximate surface area is 108 Å². The van der Waals surface area contributed by atoms with Crippen molar-refractivity contribution in [2.24, 2.45) is 0 Å². The van der Waals surface area contributed by atoms with Crippen LogP contribution in [0, 0.1) is 0 Å². The third-order valence-corrected chi connectivity index (χ3v) is 2.73. The predicted octanol–water partition coefficient (Wildman–Crippen LogP) is 2.38. The second-order valence-corrected chi connectivity index (χ2v) is 4.36. The lowest BCUT2D eigenvalue weighted by Crippen LogP contribution is -2.21. The fraction of sp³-hybridized carbons (Fsp3) is 0.357. The molecule has 0 aliphatic heterocycles. The molecule has 2 aromatic rings. The summed E-state index contributed by atoms with van der Waals surface area (Å²) in [6, 6.07) is 10.5. The highest BCUT2D eigenvalue weighted by Crippen LogP contribution is 2.17. The van der Waals surface area contributed by atoms with Crippen LogP contribution in [0.2, 0.25) is 0 Å². The van der Waals surface area contributed by atoms with Crippen LogP contribution in [0.3, 0.4) is 0 Å². The van der Waals surface area contributed by atoms with Crippen molar-refractivity contribution in [3.8, 4) is 0 Å². The first-order chi connectivity index (χ1) is 8.79. The third kappa shape index (κ3) is 3.34. The molecule has 0 saturated heterocycles. The Morgan fingerprint density at radius 1 is 1.33 bits per heavy atom. The second kappa shape index (κ2) is 6.21. The molecule has 0 aliphatic carbocycles. The summed E-state index contributed by atoms with van der Waals surface area (Å²) in [6.45, 7) is 3.57. The van der Waals surface area contributed by atoms with Crippen molar-refractivity contribution in [3.05, 3.63) is 48.3 Å². The van der Waals surface area contributed by atoms with Gasteiger partial charge in [0.15, 0.2) is 0 Å². The van der Waals surface area contributed by atoms with Crippen molar-refractivity contribution in [1.82, 2.24) is 9.78 Å². The Morgan fingerprint density at radius 3 is 2.89 bits per heavy atom. The van der Waals surface area contributed by atoms with Gasteiger partial charge < -0.3 is 10.1 Å². The summed E-state index contributed by atoms with van der Waals surface area (Å²) >= 11 is 0. The van der Waals surface area contributed by atoms with Crippen molar-refractivity contribution in [3.63, 3.8) is 0 Å². The molecule has 1 unspecified atom stereocenters. The Balaban J connectivity index is 2.10. The van der Waals surface area contributed by atoms with E-state index in [9.17, 15) is 0 Å². The van der Waals surface area contributed by atoms with Gasteiger partial charge in [-0.25, -0.2) is 0 Å². The van der Waals surface area contributed by atoms with Crippen molar-refractivity contribution in [2.75, 3.05) is 19.0 Å². The number of para-hydroxylation sites is 1. The molecule has 0 bridgehead atoms. The van der Waals surface area contributed by atoms with E-state index in [1.165, 1.54) is 5.56 Å². The van der Waals surface area contributed by atoms with Crippen molar-refractivity contribution >= 4 is 5.69 Å². The first kappa shape index (κ1) is 12.6. The average Bonchev–Trinajstić information content (AvgIpc) is 2.85. The van der Waals surface area contributed by atoms with Crippen LogP contribution in [0.4, 0.5) is 5.69 Å². The molecule has 96 valence electrons. The number of nitrogens with zero attached hydrogens (tertiary/aromatic N) is 2. The molecule has 2 rings (SSSR count). The van der Waals surface area contributed by atoms with Crippen LogP contribution >= 0.6 is 0 Å². The monoisotopic (exact) mass is 245 g/mol. The lowest BCUT2D eigenvalue weighted by atomic mass is 10.1. The van der Waals surface area contributed by atoms with Crippen LogP contribution in [0.25, 0.3) is 0 Å². The van der Waals surface area contributed by atoms with Crippen molar-refractivity contribution in [2.45, 2.75) is 19.5 Å². The standard InChI is InChI=1S/C14H19N3O/c1-12(11-18-2)16-14-7-4-3-6-13(14)10-17-9-5-8-15-17/h3-9,12,16H,10-11H2,1-2H3. The highest BCUT2D eigenvalue weighted by molar-refractivity contribution is 5.51. The summed E-state index contributed by atoms with van der Waals surface area (Å²) in [5.74, 6) is 0. The molecule has 1 N–H and O–H groups in total. The minimum absolute atomic E-state index is 0.286. The summed E-state index contributed by atoms with van der Waals surface area (Å²) < 4.78 is 7.06. The van der Waals surface area contributed by atoms with Crippen molar-refractivity contribution < 1.29 is 4.74 Å². The molecule has 0 spiro atoms. The molecule has 1 aromatic carbocycles. The molecule has 0 radical (unpaired) electrons. The van der Waals surface area contributed by atoms with Gasteiger partial charge in [-0.2, -0.15) is 5.10 Å². The molecule has 0 amide bonds. The number of methoxy groups -OCH3 is 1. The Kier molecular flexibility index (Phi) is 4.36. The molecular formula is C14H19N3O. The molecule has 0 aliphatic rings. The summed E-state index contributed by atoms with van der Waals surface area (Å²) in [5, 5.41) is 7.69. The average molecular weight is 245 g/mol. The number of ether oxygens (including phenoxy) is 1.